The van der Waals surface area contributed by atoms with Gasteiger partial charge in [-0.25, -0.2) is 0 Å². The lowest BCUT2D eigenvalue weighted by atomic mass is 10.1. The Labute approximate surface area is 99.6 Å². The van der Waals surface area contributed by atoms with Crippen LogP contribution in [0.25, 0.3) is 22.9 Å². The van der Waals surface area contributed by atoms with Gasteiger partial charge < -0.3 is 0 Å². The lowest BCUT2D eigenvalue weighted by Crippen LogP contribution is -1.75. The number of nitrogens with zero attached hydrogens (tertiary/aromatic N) is 1. The van der Waals surface area contributed by atoms with Gasteiger partial charge in [0.1, 0.15) is 0 Å². The zero-order valence-electron chi connectivity index (χ0n) is 9.30. The monoisotopic (exact) mass is 220 g/mol. The standard InChI is InChI=1S/C15H12N2/c1-2-4-14-11-12(5-7-13(14)3-1)6-8-15-9-10-16-17-15/h1-11H,(H,16,17)/b8-6+. The maximum Gasteiger partial charge on any atom is 0.0848 e. The normalized spacial score (nSPS) is 11.3. The first-order chi connectivity index (χ1) is 8.42. The molecule has 0 aliphatic heterocycles. The zero-order valence-corrected chi connectivity index (χ0v) is 9.30. The van der Waals surface area contributed by atoms with Gasteiger partial charge in [-0.1, -0.05) is 42.5 Å². The van der Waals surface area contributed by atoms with Crippen molar-refractivity contribution < 1.29 is 0 Å². The Balaban J connectivity index is 1.96. The van der Waals surface area contributed by atoms with Gasteiger partial charge in [0, 0.05) is 6.20 Å². The number of nitrogens with one attached hydrogen (secondary N) is 1. The number of hydrogen-bond donors (Lipinski definition) is 1. The van der Waals surface area contributed by atoms with E-state index in [1.54, 1.807) is 0 Å². The number of hydrogen-bond acceptors (Lipinski definition) is 1. The van der Waals surface area contributed by atoms with Crippen LogP contribution >= 0.6 is 0 Å². The highest BCUT2D eigenvalue weighted by atomic mass is 15.1. The second-order valence-corrected chi connectivity index (χ2v) is 3.94. The molecule has 0 unspecified atom stereocenters. The van der Waals surface area contributed by atoms with Crippen molar-refractivity contribution in [3.63, 3.8) is 0 Å². The van der Waals surface area contributed by atoms with E-state index in [0.29, 0.717) is 0 Å². The molecule has 0 fully saturated rings. The van der Waals surface area contributed by atoms with Crippen LogP contribution in [0.5, 0.6) is 0 Å². The summed E-state index contributed by atoms with van der Waals surface area (Å²) in [5.74, 6) is 0. The Morgan fingerprint density at radius 3 is 2.59 bits per heavy atom. The summed E-state index contributed by atoms with van der Waals surface area (Å²) >= 11 is 0. The maximum absolute atomic E-state index is 4.08. The topological polar surface area (TPSA) is 28.7 Å². The minimum absolute atomic E-state index is 0.943. The Morgan fingerprint density at radius 1 is 0.882 bits per heavy atom. The number of H-pyrrole nitrogens is 1. The van der Waals surface area contributed by atoms with Gasteiger partial charge in [-0.05, 0) is 34.5 Å². The summed E-state index contributed by atoms with van der Waals surface area (Å²) in [5.41, 5.74) is 2.13. The van der Waals surface area contributed by atoms with E-state index in [1.165, 1.54) is 16.3 Å². The van der Waals surface area contributed by atoms with Crippen LogP contribution in [0.3, 0.4) is 0 Å². The molecule has 0 atom stereocenters. The number of aromatic nitrogens is 2. The predicted octanol–water partition coefficient (Wildman–Crippen LogP) is 3.73. The van der Waals surface area contributed by atoms with Crippen molar-refractivity contribution in [1.29, 1.82) is 0 Å². The van der Waals surface area contributed by atoms with E-state index in [-0.39, 0.29) is 0 Å². The molecule has 0 aliphatic carbocycles. The minimum Gasteiger partial charge on any atom is -0.285 e. The van der Waals surface area contributed by atoms with Crippen LogP contribution < -0.4 is 0 Å². The van der Waals surface area contributed by atoms with E-state index in [9.17, 15) is 0 Å². The average Bonchev–Trinajstić information content (AvgIpc) is 2.89. The SMILES string of the molecule is C(=C\c1cc[nH]n1)/c1ccc2ccccc2c1. The van der Waals surface area contributed by atoms with E-state index in [1.807, 2.05) is 18.3 Å². The molecule has 1 N–H and O–H groups in total. The third kappa shape index (κ3) is 2.11. The summed E-state index contributed by atoms with van der Waals surface area (Å²) in [5, 5.41) is 9.40. The number of fused-ring (bicyclic) bond motifs is 1. The molecule has 0 bridgehead atoms. The van der Waals surface area contributed by atoms with Gasteiger partial charge in [-0.15, -0.1) is 0 Å². The zero-order chi connectivity index (χ0) is 11.5. The Morgan fingerprint density at radius 2 is 1.76 bits per heavy atom. The van der Waals surface area contributed by atoms with Crippen LogP contribution in [0.4, 0.5) is 0 Å². The molecule has 0 saturated heterocycles. The second kappa shape index (κ2) is 4.26. The van der Waals surface area contributed by atoms with Crippen LogP contribution in [0.1, 0.15) is 11.3 Å². The molecule has 0 saturated carbocycles. The fourth-order valence-electron chi connectivity index (χ4n) is 1.86. The molecule has 2 heteroatoms. The maximum atomic E-state index is 4.08. The predicted molar refractivity (Wildman–Crippen MR) is 71.5 cm³/mol. The quantitative estimate of drug-likeness (QED) is 0.700. The van der Waals surface area contributed by atoms with Gasteiger partial charge in [-0.3, -0.25) is 5.10 Å². The third-order valence-corrected chi connectivity index (χ3v) is 2.74. The molecule has 0 spiro atoms. The summed E-state index contributed by atoms with van der Waals surface area (Å²) in [7, 11) is 0. The van der Waals surface area contributed by atoms with Gasteiger partial charge in [0.05, 0.1) is 5.69 Å². The fraction of sp³-hybridized carbons (Fsp3) is 0. The lowest BCUT2D eigenvalue weighted by Gasteiger charge is -1.98. The van der Waals surface area contributed by atoms with Crippen molar-refractivity contribution in [2.24, 2.45) is 0 Å². The molecule has 2 nitrogen and oxygen atoms in total. The van der Waals surface area contributed by atoms with Crippen LogP contribution in [-0.4, -0.2) is 10.2 Å². The van der Waals surface area contributed by atoms with Gasteiger partial charge in [0.25, 0.3) is 0 Å². The molecular weight excluding hydrogens is 208 g/mol. The van der Waals surface area contributed by atoms with Crippen molar-refractivity contribution in [1.82, 2.24) is 10.2 Å². The molecule has 1 aromatic heterocycles. The van der Waals surface area contributed by atoms with Gasteiger partial charge >= 0.3 is 0 Å². The summed E-state index contributed by atoms with van der Waals surface area (Å²) in [6.07, 6.45) is 5.89. The van der Waals surface area contributed by atoms with E-state index in [0.717, 1.165) is 5.69 Å². The number of aromatic amines is 1. The first-order valence-corrected chi connectivity index (χ1v) is 5.58. The summed E-state index contributed by atoms with van der Waals surface area (Å²) in [6.45, 7) is 0. The van der Waals surface area contributed by atoms with Crippen LogP contribution in [0.2, 0.25) is 0 Å². The van der Waals surface area contributed by atoms with Crippen molar-refractivity contribution in [3.8, 4) is 0 Å². The molecule has 3 rings (SSSR count). The van der Waals surface area contributed by atoms with Gasteiger partial charge in [0.15, 0.2) is 0 Å². The van der Waals surface area contributed by atoms with Crippen LogP contribution in [0, 0.1) is 0 Å². The van der Waals surface area contributed by atoms with E-state index in [4.69, 9.17) is 0 Å². The molecular formula is C15H12N2. The Hall–Kier alpha value is -2.35. The molecule has 3 aromatic rings. The molecule has 17 heavy (non-hydrogen) atoms. The summed E-state index contributed by atoms with van der Waals surface area (Å²) in [6, 6.07) is 16.7. The second-order valence-electron chi connectivity index (χ2n) is 3.94. The fourth-order valence-corrected chi connectivity index (χ4v) is 1.86. The first-order valence-electron chi connectivity index (χ1n) is 5.58. The molecule has 0 radical (unpaired) electrons. The largest absolute Gasteiger partial charge is 0.285 e. The summed E-state index contributed by atoms with van der Waals surface area (Å²) < 4.78 is 0. The number of benzene rings is 2. The van der Waals surface area contributed by atoms with E-state index in [2.05, 4.69) is 58.7 Å². The molecule has 2 aromatic carbocycles. The van der Waals surface area contributed by atoms with Gasteiger partial charge in [0.2, 0.25) is 0 Å². The molecule has 0 aliphatic rings. The van der Waals surface area contributed by atoms with E-state index >= 15 is 0 Å². The first kappa shape index (κ1) is 9.85. The minimum atomic E-state index is 0.943. The van der Waals surface area contributed by atoms with Crippen molar-refractivity contribution in [2.45, 2.75) is 0 Å². The van der Waals surface area contributed by atoms with Crippen LogP contribution in [-0.2, 0) is 0 Å². The molecule has 0 amide bonds. The average molecular weight is 220 g/mol. The smallest absolute Gasteiger partial charge is 0.0848 e. The molecule has 1 heterocycles. The lowest BCUT2D eigenvalue weighted by molar-refractivity contribution is 1.08. The molecule has 82 valence electrons. The van der Waals surface area contributed by atoms with Crippen molar-refractivity contribution >= 4 is 22.9 Å². The summed E-state index contributed by atoms with van der Waals surface area (Å²) in [4.78, 5) is 0. The van der Waals surface area contributed by atoms with E-state index < -0.39 is 0 Å². The van der Waals surface area contributed by atoms with Gasteiger partial charge in [-0.2, -0.15) is 5.10 Å². The Bertz CT molecular complexity index is 652. The number of rotatable bonds is 2. The highest BCUT2D eigenvalue weighted by Crippen LogP contribution is 2.17. The third-order valence-electron chi connectivity index (χ3n) is 2.74. The van der Waals surface area contributed by atoms with Crippen LogP contribution in [0.15, 0.2) is 54.7 Å². The Kier molecular flexibility index (Phi) is 2.47. The van der Waals surface area contributed by atoms with Crippen molar-refractivity contribution in [2.75, 3.05) is 0 Å². The highest BCUT2D eigenvalue weighted by Gasteiger charge is 1.93. The highest BCUT2D eigenvalue weighted by molar-refractivity contribution is 5.85. The van der Waals surface area contributed by atoms with Crippen molar-refractivity contribution in [3.05, 3.63) is 66.0 Å².